The lowest BCUT2D eigenvalue weighted by molar-refractivity contribution is -0.139. The van der Waals surface area contributed by atoms with Gasteiger partial charge in [0.15, 0.2) is 0 Å². The van der Waals surface area contributed by atoms with Crippen molar-refractivity contribution in [2.24, 2.45) is 0 Å². The third-order valence-corrected chi connectivity index (χ3v) is 2.22. The molecule has 66 valence electrons. The van der Waals surface area contributed by atoms with Gasteiger partial charge in [-0.05, 0) is 6.92 Å². The molecule has 2 N–H and O–H groups in total. The monoisotopic (exact) mass is 186 g/mol. The maximum absolute atomic E-state index is 10.4. The summed E-state index contributed by atoms with van der Waals surface area (Å²) >= 11 is 1.51. The van der Waals surface area contributed by atoms with E-state index in [1.54, 1.807) is 18.6 Å². The van der Waals surface area contributed by atoms with E-state index in [2.05, 4.69) is 10.3 Å². The van der Waals surface area contributed by atoms with Crippen molar-refractivity contribution in [2.75, 3.05) is 0 Å². The van der Waals surface area contributed by atoms with E-state index >= 15 is 0 Å². The molecule has 0 aromatic carbocycles. The van der Waals surface area contributed by atoms with Gasteiger partial charge in [-0.15, -0.1) is 11.3 Å². The fourth-order valence-corrected chi connectivity index (χ4v) is 1.22. The number of aliphatic carboxylic acids is 1. The van der Waals surface area contributed by atoms with Crippen molar-refractivity contribution in [2.45, 2.75) is 19.5 Å². The van der Waals surface area contributed by atoms with Gasteiger partial charge in [-0.2, -0.15) is 0 Å². The number of nitrogens with one attached hydrogen (secondary N) is 1. The normalized spacial score (nSPS) is 12.8. The van der Waals surface area contributed by atoms with E-state index in [4.69, 9.17) is 5.11 Å². The molecule has 0 saturated heterocycles. The molecule has 0 bridgehead atoms. The van der Waals surface area contributed by atoms with Crippen molar-refractivity contribution in [3.8, 4) is 0 Å². The molecule has 0 saturated carbocycles. The fraction of sp³-hybridized carbons (Fsp3) is 0.429. The predicted octanol–water partition coefficient (Wildman–Crippen LogP) is 0.706. The van der Waals surface area contributed by atoms with Gasteiger partial charge in [0.2, 0.25) is 0 Å². The molecule has 0 aliphatic heterocycles. The zero-order valence-corrected chi connectivity index (χ0v) is 7.47. The first kappa shape index (κ1) is 9.15. The first-order valence-corrected chi connectivity index (χ1v) is 4.41. The summed E-state index contributed by atoms with van der Waals surface area (Å²) in [6.45, 7) is 2.18. The second-order valence-corrected chi connectivity index (χ2v) is 3.38. The lowest BCUT2D eigenvalue weighted by Gasteiger charge is -2.06. The Hall–Kier alpha value is -0.940. The van der Waals surface area contributed by atoms with Crippen LogP contribution < -0.4 is 5.32 Å². The third-order valence-electron chi connectivity index (χ3n) is 1.44. The third kappa shape index (κ3) is 2.60. The Labute approximate surface area is 74.3 Å². The molecular formula is C7H10N2O2S. The Morgan fingerprint density at radius 1 is 1.92 bits per heavy atom. The van der Waals surface area contributed by atoms with Gasteiger partial charge < -0.3 is 5.11 Å². The average molecular weight is 186 g/mol. The highest BCUT2D eigenvalue weighted by Crippen LogP contribution is 2.04. The Kier molecular flexibility index (Phi) is 3.19. The Morgan fingerprint density at radius 3 is 3.17 bits per heavy atom. The molecule has 12 heavy (non-hydrogen) atoms. The van der Waals surface area contributed by atoms with Gasteiger partial charge in [-0.1, -0.05) is 0 Å². The van der Waals surface area contributed by atoms with Crippen molar-refractivity contribution in [1.29, 1.82) is 0 Å². The molecule has 0 fully saturated rings. The summed E-state index contributed by atoms with van der Waals surface area (Å²) < 4.78 is 0. The van der Waals surface area contributed by atoms with Gasteiger partial charge >= 0.3 is 5.97 Å². The van der Waals surface area contributed by atoms with E-state index in [0.717, 1.165) is 4.88 Å². The first-order chi connectivity index (χ1) is 5.70. The molecule has 0 spiro atoms. The molecule has 1 aromatic rings. The molecule has 0 amide bonds. The van der Waals surface area contributed by atoms with Crippen molar-refractivity contribution in [3.05, 3.63) is 16.6 Å². The van der Waals surface area contributed by atoms with Crippen LogP contribution >= 0.6 is 11.3 Å². The van der Waals surface area contributed by atoms with Crippen molar-refractivity contribution >= 4 is 17.3 Å². The summed E-state index contributed by atoms with van der Waals surface area (Å²) in [5.41, 5.74) is 1.72. The van der Waals surface area contributed by atoms with Gasteiger partial charge in [-0.25, -0.2) is 0 Å². The molecule has 5 heteroatoms. The van der Waals surface area contributed by atoms with Crippen LogP contribution in [0.3, 0.4) is 0 Å². The predicted molar refractivity (Wildman–Crippen MR) is 46.1 cm³/mol. The Bertz CT molecular complexity index is 248. The van der Waals surface area contributed by atoms with Gasteiger partial charge in [0.1, 0.15) is 6.04 Å². The highest BCUT2D eigenvalue weighted by atomic mass is 32.1. The SMILES string of the molecule is C[C@@H](NCc1cncs1)C(=O)O. The summed E-state index contributed by atoms with van der Waals surface area (Å²) in [6, 6.07) is -0.507. The number of aromatic nitrogens is 1. The van der Waals surface area contributed by atoms with Crippen LogP contribution in [-0.4, -0.2) is 22.1 Å². The highest BCUT2D eigenvalue weighted by Gasteiger charge is 2.09. The van der Waals surface area contributed by atoms with E-state index < -0.39 is 12.0 Å². The number of carboxylic acids is 1. The van der Waals surface area contributed by atoms with Crippen LogP contribution in [0.1, 0.15) is 11.8 Å². The standard InChI is InChI=1S/C7H10N2O2S/c1-5(7(10)11)9-3-6-2-8-4-12-6/h2,4-5,9H,3H2,1H3,(H,10,11)/t5-/m1/s1. The molecule has 1 heterocycles. The van der Waals surface area contributed by atoms with Crippen LogP contribution in [0.5, 0.6) is 0 Å². The molecule has 0 aliphatic rings. The average Bonchev–Trinajstić information content (AvgIpc) is 2.51. The maximum Gasteiger partial charge on any atom is 0.320 e. The van der Waals surface area contributed by atoms with Crippen molar-refractivity contribution < 1.29 is 9.90 Å². The highest BCUT2D eigenvalue weighted by molar-refractivity contribution is 7.09. The summed E-state index contributed by atoms with van der Waals surface area (Å²) in [5, 5.41) is 11.4. The maximum atomic E-state index is 10.4. The van der Waals surface area contributed by atoms with Crippen LogP contribution in [0, 0.1) is 0 Å². The lowest BCUT2D eigenvalue weighted by Crippen LogP contribution is -2.32. The number of hydrogen-bond acceptors (Lipinski definition) is 4. The minimum absolute atomic E-state index is 0.507. The van der Waals surface area contributed by atoms with Crippen molar-refractivity contribution in [1.82, 2.24) is 10.3 Å². The van der Waals surface area contributed by atoms with Gasteiger partial charge in [-0.3, -0.25) is 15.1 Å². The van der Waals surface area contributed by atoms with E-state index in [-0.39, 0.29) is 0 Å². The molecule has 0 radical (unpaired) electrons. The largest absolute Gasteiger partial charge is 0.480 e. The molecule has 1 aromatic heterocycles. The van der Waals surface area contributed by atoms with Crippen molar-refractivity contribution in [3.63, 3.8) is 0 Å². The van der Waals surface area contributed by atoms with Crippen LogP contribution in [0.2, 0.25) is 0 Å². The quantitative estimate of drug-likeness (QED) is 0.726. The minimum atomic E-state index is -0.834. The second-order valence-electron chi connectivity index (χ2n) is 2.41. The molecule has 1 rings (SSSR count). The molecule has 0 aliphatic carbocycles. The van der Waals surface area contributed by atoms with E-state index in [1.165, 1.54) is 11.3 Å². The summed E-state index contributed by atoms with van der Waals surface area (Å²) in [7, 11) is 0. The fourth-order valence-electron chi connectivity index (χ4n) is 0.670. The Balaban J connectivity index is 2.31. The van der Waals surface area contributed by atoms with Gasteiger partial charge in [0.25, 0.3) is 0 Å². The Morgan fingerprint density at radius 2 is 2.67 bits per heavy atom. The number of carbonyl (C=O) groups is 1. The van der Waals surface area contributed by atoms with Crippen LogP contribution in [0.15, 0.2) is 11.7 Å². The number of carboxylic acid groups (broad SMARTS) is 1. The number of hydrogen-bond donors (Lipinski definition) is 2. The molecular weight excluding hydrogens is 176 g/mol. The van der Waals surface area contributed by atoms with Crippen LogP contribution in [0.25, 0.3) is 0 Å². The van der Waals surface area contributed by atoms with Crippen LogP contribution in [0.4, 0.5) is 0 Å². The van der Waals surface area contributed by atoms with E-state index in [1.807, 2.05) is 0 Å². The van der Waals surface area contributed by atoms with Gasteiger partial charge in [0.05, 0.1) is 5.51 Å². The summed E-state index contributed by atoms with van der Waals surface area (Å²) in [6.07, 6.45) is 1.73. The second kappa shape index (κ2) is 4.18. The minimum Gasteiger partial charge on any atom is -0.480 e. The molecule has 4 nitrogen and oxygen atoms in total. The number of rotatable bonds is 4. The van der Waals surface area contributed by atoms with E-state index in [0.29, 0.717) is 6.54 Å². The summed E-state index contributed by atoms with van der Waals surface area (Å²) in [4.78, 5) is 15.3. The zero-order chi connectivity index (χ0) is 8.97. The number of nitrogens with zero attached hydrogens (tertiary/aromatic N) is 1. The number of thiazole rings is 1. The van der Waals surface area contributed by atoms with Crippen LogP contribution in [-0.2, 0) is 11.3 Å². The molecule has 1 atom stereocenters. The molecule has 0 unspecified atom stereocenters. The van der Waals surface area contributed by atoms with E-state index in [9.17, 15) is 4.79 Å². The topological polar surface area (TPSA) is 62.2 Å². The van der Waals surface area contributed by atoms with Gasteiger partial charge in [0, 0.05) is 17.6 Å². The first-order valence-electron chi connectivity index (χ1n) is 3.53. The lowest BCUT2D eigenvalue weighted by atomic mass is 10.3. The smallest absolute Gasteiger partial charge is 0.320 e. The zero-order valence-electron chi connectivity index (χ0n) is 6.65. The summed E-state index contributed by atoms with van der Waals surface area (Å²) in [5.74, 6) is -0.834.